The van der Waals surface area contributed by atoms with Gasteiger partial charge in [-0.1, -0.05) is 127 Å². The highest BCUT2D eigenvalue weighted by Gasteiger charge is 2.41. The molecule has 0 bridgehead atoms. The number of sulfone groups is 1. The maximum absolute atomic E-state index is 14.6. The van der Waals surface area contributed by atoms with Crippen LogP contribution >= 0.6 is 0 Å². The van der Waals surface area contributed by atoms with E-state index in [1.54, 1.807) is 18.2 Å². The van der Waals surface area contributed by atoms with Gasteiger partial charge < -0.3 is 4.90 Å². The van der Waals surface area contributed by atoms with Crippen LogP contribution < -0.4 is 9.80 Å². The van der Waals surface area contributed by atoms with Crippen LogP contribution in [0, 0.1) is 0 Å². The Morgan fingerprint density at radius 1 is 0.471 bits per heavy atom. The van der Waals surface area contributed by atoms with Gasteiger partial charge in [-0.2, -0.15) is 0 Å². The molecule has 0 fully saturated rings. The molecule has 0 amide bonds. The van der Waals surface area contributed by atoms with Crippen molar-refractivity contribution in [1.82, 2.24) is 9.97 Å². The summed E-state index contributed by atoms with van der Waals surface area (Å²) in [5.41, 5.74) is 8.19. The second-order valence-electron chi connectivity index (χ2n) is 12.6. The van der Waals surface area contributed by atoms with Gasteiger partial charge in [-0.05, 0) is 47.3 Å². The molecule has 0 spiro atoms. The average Bonchev–Trinajstić information content (AvgIpc) is 3.19. The van der Waals surface area contributed by atoms with Gasteiger partial charge in [0.05, 0.1) is 38.2 Å². The van der Waals surface area contributed by atoms with E-state index in [-0.39, 0.29) is 9.79 Å². The van der Waals surface area contributed by atoms with Crippen LogP contribution in [0.5, 0.6) is 0 Å². The molecule has 2 aliphatic heterocycles. The average molecular weight is 677 g/mol. The molecule has 6 nitrogen and oxygen atoms in total. The molecule has 0 N–H and O–H groups in total. The van der Waals surface area contributed by atoms with Gasteiger partial charge in [0.15, 0.2) is 5.82 Å². The predicted octanol–water partition coefficient (Wildman–Crippen LogP) is 11.0. The Morgan fingerprint density at radius 2 is 1.12 bits per heavy atom. The molecule has 7 aromatic carbocycles. The van der Waals surface area contributed by atoms with E-state index in [1.165, 1.54) is 0 Å². The number of anilines is 6. The highest BCUT2D eigenvalue weighted by Crippen LogP contribution is 2.60. The zero-order valence-corrected chi connectivity index (χ0v) is 28.0. The summed E-state index contributed by atoms with van der Waals surface area (Å²) in [5, 5.41) is 2.15. The van der Waals surface area contributed by atoms with Gasteiger partial charge in [0.2, 0.25) is 9.84 Å². The number of hydrogen-bond donors (Lipinski definition) is 0. The summed E-state index contributed by atoms with van der Waals surface area (Å²) in [5.74, 6) is 1.20. The molecule has 8 aromatic rings. The molecule has 7 heteroatoms. The number of rotatable bonds is 4. The topological polar surface area (TPSA) is 66.4 Å². The maximum atomic E-state index is 14.6. The number of hydrogen-bond acceptors (Lipinski definition) is 6. The van der Waals surface area contributed by atoms with Gasteiger partial charge >= 0.3 is 0 Å². The van der Waals surface area contributed by atoms with Gasteiger partial charge in [-0.15, -0.1) is 0 Å². The Balaban J connectivity index is 1.36. The number of para-hydroxylation sites is 2. The van der Waals surface area contributed by atoms with Crippen molar-refractivity contribution < 1.29 is 8.42 Å². The van der Waals surface area contributed by atoms with Crippen LogP contribution in [0.1, 0.15) is 0 Å². The monoisotopic (exact) mass is 676 g/mol. The second-order valence-corrected chi connectivity index (χ2v) is 14.5. The Morgan fingerprint density at radius 3 is 1.88 bits per heavy atom. The van der Waals surface area contributed by atoms with Crippen molar-refractivity contribution in [3.8, 4) is 33.8 Å². The highest BCUT2D eigenvalue weighted by atomic mass is 32.2. The fraction of sp³-hybridized carbons (Fsp3) is 0. The lowest BCUT2D eigenvalue weighted by Gasteiger charge is -2.40. The zero-order valence-electron chi connectivity index (χ0n) is 27.2. The zero-order chi connectivity index (χ0) is 34.1. The lowest BCUT2D eigenvalue weighted by molar-refractivity contribution is 0.595. The summed E-state index contributed by atoms with van der Waals surface area (Å²) in [4.78, 5) is 15.1. The summed E-state index contributed by atoms with van der Waals surface area (Å²) in [6.45, 7) is 0. The molecule has 10 rings (SSSR count). The van der Waals surface area contributed by atoms with E-state index in [9.17, 15) is 8.42 Å². The minimum Gasteiger partial charge on any atom is -0.306 e. The second kappa shape index (κ2) is 11.2. The first-order valence-electron chi connectivity index (χ1n) is 16.8. The molecule has 0 saturated carbocycles. The van der Waals surface area contributed by atoms with Crippen LogP contribution in [0.4, 0.5) is 34.3 Å². The summed E-state index contributed by atoms with van der Waals surface area (Å²) < 4.78 is 29.3. The van der Waals surface area contributed by atoms with Crippen molar-refractivity contribution in [3.05, 3.63) is 170 Å². The summed E-state index contributed by atoms with van der Waals surface area (Å²) in [6, 6.07) is 55.6. The van der Waals surface area contributed by atoms with Crippen molar-refractivity contribution in [1.29, 1.82) is 0 Å². The quantitative estimate of drug-likeness (QED) is 0.185. The third-order valence-corrected chi connectivity index (χ3v) is 11.6. The van der Waals surface area contributed by atoms with E-state index in [2.05, 4.69) is 40.1 Å². The number of benzene rings is 7. The van der Waals surface area contributed by atoms with Gasteiger partial charge in [-0.25, -0.2) is 18.4 Å². The fourth-order valence-electron chi connectivity index (χ4n) is 7.50. The summed E-state index contributed by atoms with van der Waals surface area (Å²) in [6.07, 6.45) is 0. The third-order valence-electron chi connectivity index (χ3n) is 9.72. The van der Waals surface area contributed by atoms with Crippen molar-refractivity contribution in [2.75, 3.05) is 9.80 Å². The Labute approximate surface area is 295 Å². The molecule has 0 unspecified atom stereocenters. The van der Waals surface area contributed by atoms with Crippen LogP contribution in [-0.4, -0.2) is 18.4 Å². The van der Waals surface area contributed by atoms with Crippen molar-refractivity contribution in [2.45, 2.75) is 9.79 Å². The normalized spacial score (nSPS) is 13.7. The van der Waals surface area contributed by atoms with Crippen molar-refractivity contribution in [3.63, 3.8) is 0 Å². The van der Waals surface area contributed by atoms with Crippen LogP contribution in [0.25, 0.3) is 44.5 Å². The standard InChI is InChI=1S/C44H28N4O2S/c49-51(50)38-25-11-10-23-36(38)47(32-20-8-3-9-21-32)43-39(51)27-26-34-33-22-12-18-30-19-13-24-37(41(30)33)48(42(34)43)40-28-35(29-14-4-1-5-15-29)45-44(46-40)31-16-6-2-7-17-31/h1-28H. The number of nitrogens with zero attached hydrogens (tertiary/aromatic N) is 4. The van der Waals surface area contributed by atoms with Gasteiger partial charge in [0.25, 0.3) is 0 Å². The Kier molecular flexibility index (Phi) is 6.47. The molecule has 1 aromatic heterocycles. The maximum Gasteiger partial charge on any atom is 0.210 e. The van der Waals surface area contributed by atoms with E-state index in [4.69, 9.17) is 9.97 Å². The van der Waals surface area contributed by atoms with Crippen molar-refractivity contribution >= 4 is 54.9 Å². The lowest BCUT2D eigenvalue weighted by atomic mass is 9.90. The summed E-state index contributed by atoms with van der Waals surface area (Å²) >= 11 is 0. The van der Waals surface area contributed by atoms with E-state index in [1.807, 2.05) is 121 Å². The molecule has 51 heavy (non-hydrogen) atoms. The first kappa shape index (κ1) is 29.4. The van der Waals surface area contributed by atoms with E-state index in [0.29, 0.717) is 23.0 Å². The molecule has 0 radical (unpaired) electrons. The molecular formula is C44H28N4O2S. The fourth-order valence-corrected chi connectivity index (χ4v) is 9.12. The third kappa shape index (κ3) is 4.45. The highest BCUT2D eigenvalue weighted by molar-refractivity contribution is 7.92. The van der Waals surface area contributed by atoms with E-state index >= 15 is 0 Å². The first-order chi connectivity index (χ1) is 25.1. The molecule has 0 atom stereocenters. The smallest absolute Gasteiger partial charge is 0.210 e. The van der Waals surface area contributed by atoms with Gasteiger partial charge in [-0.3, -0.25) is 4.90 Å². The minimum atomic E-state index is -3.91. The van der Waals surface area contributed by atoms with E-state index < -0.39 is 9.84 Å². The predicted molar refractivity (Wildman–Crippen MR) is 204 cm³/mol. The van der Waals surface area contributed by atoms with Gasteiger partial charge in [0.1, 0.15) is 5.82 Å². The van der Waals surface area contributed by atoms with Crippen LogP contribution in [0.2, 0.25) is 0 Å². The first-order valence-corrected chi connectivity index (χ1v) is 18.2. The molecule has 2 aliphatic rings. The largest absolute Gasteiger partial charge is 0.306 e. The Hall–Kier alpha value is -6.57. The molecule has 0 aliphatic carbocycles. The molecular weight excluding hydrogens is 649 g/mol. The molecule has 0 saturated heterocycles. The van der Waals surface area contributed by atoms with Crippen LogP contribution in [0.15, 0.2) is 180 Å². The summed E-state index contributed by atoms with van der Waals surface area (Å²) in [7, 11) is -3.91. The van der Waals surface area contributed by atoms with Crippen molar-refractivity contribution in [2.24, 2.45) is 0 Å². The minimum absolute atomic E-state index is 0.237. The van der Waals surface area contributed by atoms with E-state index in [0.717, 1.165) is 55.8 Å². The molecule has 3 heterocycles. The van der Waals surface area contributed by atoms with Crippen LogP contribution in [0.3, 0.4) is 0 Å². The van der Waals surface area contributed by atoms with Gasteiger partial charge in [0, 0.05) is 33.8 Å². The lowest BCUT2D eigenvalue weighted by Crippen LogP contribution is -2.26. The number of aromatic nitrogens is 2. The van der Waals surface area contributed by atoms with Crippen LogP contribution in [-0.2, 0) is 9.84 Å². The Bertz CT molecular complexity index is 2710. The molecule has 242 valence electrons. The number of fused-ring (bicyclic) bond motifs is 5. The SMILES string of the molecule is O=S1(=O)c2ccccc2N(c2ccccc2)c2c1ccc1c2N(c2cc(-c3ccccc3)nc(-c3ccccc3)n2)c2cccc3cccc-1c23.